The molecular weight excluding hydrogens is 827 g/mol. The molecule has 3 aromatic heterocycles. The van der Waals surface area contributed by atoms with Crippen LogP contribution in [0.3, 0.4) is 0 Å². The first-order valence-electron chi connectivity index (χ1n) is 23.4. The van der Waals surface area contributed by atoms with E-state index in [0.29, 0.717) is 17.5 Å². The Labute approximate surface area is 394 Å². The van der Waals surface area contributed by atoms with Crippen LogP contribution >= 0.6 is 0 Å². The van der Waals surface area contributed by atoms with Gasteiger partial charge in [0.25, 0.3) is 0 Å². The minimum Gasteiger partial charge on any atom is -0.309 e. The van der Waals surface area contributed by atoms with E-state index in [1.54, 1.807) is 0 Å². The molecule has 0 N–H and O–H groups in total. The van der Waals surface area contributed by atoms with Crippen molar-refractivity contribution in [3.8, 4) is 45.5 Å². The fourth-order valence-corrected chi connectivity index (χ4v) is 11.2. The third-order valence-electron chi connectivity index (χ3n) is 14.3. The van der Waals surface area contributed by atoms with Crippen molar-refractivity contribution in [2.24, 2.45) is 0 Å². The topological polar surface area (TPSA) is 48.5 Å². The number of hydrogen-bond acceptors (Lipinski definition) is 3. The Bertz CT molecular complexity index is 4020. The fourth-order valence-electron chi connectivity index (χ4n) is 11.2. The molecule has 13 rings (SSSR count). The highest BCUT2D eigenvalue weighted by molar-refractivity contribution is 6.25. The average Bonchev–Trinajstić information content (AvgIpc) is 3.97. The van der Waals surface area contributed by atoms with Crippen molar-refractivity contribution in [1.29, 1.82) is 0 Å². The Hall–Kier alpha value is -8.67. The molecule has 0 spiro atoms. The molecule has 3 heterocycles. The maximum absolute atomic E-state index is 5.21. The summed E-state index contributed by atoms with van der Waals surface area (Å²) in [5.74, 6) is 1.90. The number of fused-ring (bicyclic) bond motifs is 10. The summed E-state index contributed by atoms with van der Waals surface area (Å²) >= 11 is 0. The van der Waals surface area contributed by atoms with Gasteiger partial charge in [-0.15, -0.1) is 0 Å². The van der Waals surface area contributed by atoms with Gasteiger partial charge < -0.3 is 9.13 Å². The summed E-state index contributed by atoms with van der Waals surface area (Å²) in [6.07, 6.45) is 6.46. The number of nitrogens with zero attached hydrogens (tertiary/aromatic N) is 5. The highest BCUT2D eigenvalue weighted by Crippen LogP contribution is 2.51. The lowest BCUT2D eigenvalue weighted by molar-refractivity contribution is 0.655. The van der Waals surface area contributed by atoms with Crippen molar-refractivity contribution in [2.75, 3.05) is 0 Å². The van der Waals surface area contributed by atoms with E-state index in [1.807, 2.05) is 36.4 Å². The summed E-state index contributed by atoms with van der Waals surface area (Å²) in [4.78, 5) is 15.4. The van der Waals surface area contributed by atoms with Crippen LogP contribution in [0.15, 0.2) is 218 Å². The van der Waals surface area contributed by atoms with Crippen LogP contribution in [-0.4, -0.2) is 24.1 Å². The van der Waals surface area contributed by atoms with Crippen molar-refractivity contribution in [3.63, 3.8) is 0 Å². The van der Waals surface area contributed by atoms with E-state index in [-0.39, 0.29) is 5.41 Å². The summed E-state index contributed by atoms with van der Waals surface area (Å²) in [6.45, 7) is 11.1. The molecule has 0 radical (unpaired) electrons. The van der Waals surface area contributed by atoms with Crippen molar-refractivity contribution in [1.82, 2.24) is 24.1 Å². The van der Waals surface area contributed by atoms with Crippen molar-refractivity contribution in [2.45, 2.75) is 26.2 Å². The standard InChI is InChI=1S/C63H45N5/c1-5-21-42-49-36-50-56(37-52(49)63(3,4)51(42)6-2)68(58-38-57(46-30-15-16-31-47(46)59(50)58)67-53-32-19-17-28-44(53)45-29-18-20-33-54(45)67)55-35-34-48(41-26-13-14-27-43(41)55)62-65-60(39-22-9-7-10-23-39)64-61(66-62)40-24-11-8-12-25-40/h5-38H,2H2,1,3-4H3/b21-5-. The number of para-hydroxylation sites is 2. The first kappa shape index (κ1) is 39.7. The predicted octanol–water partition coefficient (Wildman–Crippen LogP) is 16.2. The van der Waals surface area contributed by atoms with Crippen molar-refractivity contribution < 1.29 is 0 Å². The second kappa shape index (κ2) is 15.2. The van der Waals surface area contributed by atoms with E-state index < -0.39 is 0 Å². The largest absolute Gasteiger partial charge is 0.309 e. The molecule has 5 nitrogen and oxygen atoms in total. The maximum atomic E-state index is 5.21. The van der Waals surface area contributed by atoms with Crippen LogP contribution in [0.5, 0.6) is 0 Å². The van der Waals surface area contributed by atoms with Crippen molar-refractivity contribution >= 4 is 70.7 Å². The van der Waals surface area contributed by atoms with Gasteiger partial charge in [-0.05, 0) is 82.4 Å². The first-order chi connectivity index (χ1) is 33.4. The van der Waals surface area contributed by atoms with Crippen LogP contribution in [0.2, 0.25) is 0 Å². The van der Waals surface area contributed by atoms with Crippen LogP contribution in [0.4, 0.5) is 0 Å². The summed E-state index contributed by atoms with van der Waals surface area (Å²) in [7, 11) is 0. The smallest absolute Gasteiger partial charge is 0.164 e. The molecule has 0 fully saturated rings. The zero-order valence-corrected chi connectivity index (χ0v) is 38.1. The summed E-state index contributed by atoms with van der Waals surface area (Å²) in [5, 5.41) is 9.45. The Morgan fingerprint density at radius 2 is 0.956 bits per heavy atom. The molecule has 1 aliphatic rings. The zero-order valence-electron chi connectivity index (χ0n) is 38.1. The number of allylic oxidation sites excluding steroid dienone is 5. The summed E-state index contributed by atoms with van der Waals surface area (Å²) in [5.41, 5.74) is 14.4. The number of benzene rings is 9. The number of rotatable bonds is 7. The van der Waals surface area contributed by atoms with Gasteiger partial charge in [0, 0.05) is 54.4 Å². The lowest BCUT2D eigenvalue weighted by Gasteiger charge is -2.23. The van der Waals surface area contributed by atoms with E-state index in [0.717, 1.165) is 49.9 Å². The molecule has 322 valence electrons. The normalized spacial score (nSPS) is 13.6. The molecule has 1 aliphatic carbocycles. The second-order valence-electron chi connectivity index (χ2n) is 18.3. The minimum absolute atomic E-state index is 0.269. The van der Waals surface area contributed by atoms with Gasteiger partial charge in [0.15, 0.2) is 17.5 Å². The molecule has 12 aromatic rings. The van der Waals surface area contributed by atoms with Gasteiger partial charge >= 0.3 is 0 Å². The van der Waals surface area contributed by atoms with Crippen LogP contribution in [0, 0.1) is 0 Å². The SMILES string of the molecule is C=CC1=C(/C=C\C)c2cc3c4c5ccccc5c(-n5c6ccccc6c6ccccc65)cc4n(-c4ccc(-c5nc(-c6ccccc6)nc(-c6ccccc6)n5)c5ccccc45)c3cc2C1(C)C. The molecular formula is C63H45N5. The van der Waals surface area contributed by atoms with Crippen LogP contribution in [0.25, 0.3) is 116 Å². The monoisotopic (exact) mass is 871 g/mol. The molecule has 0 atom stereocenters. The highest BCUT2D eigenvalue weighted by Gasteiger charge is 2.37. The van der Waals surface area contributed by atoms with Gasteiger partial charge in [-0.25, -0.2) is 15.0 Å². The van der Waals surface area contributed by atoms with Crippen LogP contribution in [0.1, 0.15) is 31.9 Å². The Balaban J connectivity index is 1.15. The van der Waals surface area contributed by atoms with Gasteiger partial charge in [0.05, 0.1) is 33.4 Å². The maximum Gasteiger partial charge on any atom is 0.164 e. The minimum atomic E-state index is -0.269. The average molecular weight is 872 g/mol. The van der Waals surface area contributed by atoms with Gasteiger partial charge in [0.2, 0.25) is 0 Å². The zero-order chi connectivity index (χ0) is 45.7. The Kier molecular flexibility index (Phi) is 8.86. The molecule has 0 aliphatic heterocycles. The Morgan fingerprint density at radius 3 is 1.56 bits per heavy atom. The quantitative estimate of drug-likeness (QED) is 0.160. The van der Waals surface area contributed by atoms with E-state index in [4.69, 9.17) is 15.0 Å². The van der Waals surface area contributed by atoms with Gasteiger partial charge in [-0.1, -0.05) is 184 Å². The number of aromatic nitrogens is 5. The van der Waals surface area contributed by atoms with Gasteiger partial charge in [-0.2, -0.15) is 0 Å². The molecule has 9 aromatic carbocycles. The van der Waals surface area contributed by atoms with Crippen molar-refractivity contribution in [3.05, 3.63) is 230 Å². The van der Waals surface area contributed by atoms with E-state index >= 15 is 0 Å². The molecule has 0 saturated carbocycles. The van der Waals surface area contributed by atoms with Gasteiger partial charge in [0.1, 0.15) is 0 Å². The molecule has 5 heteroatoms. The first-order valence-corrected chi connectivity index (χ1v) is 23.4. The van der Waals surface area contributed by atoms with E-state index in [1.165, 1.54) is 65.6 Å². The summed E-state index contributed by atoms with van der Waals surface area (Å²) < 4.78 is 4.99. The predicted molar refractivity (Wildman–Crippen MR) is 285 cm³/mol. The molecule has 0 unspecified atom stereocenters. The lowest BCUT2D eigenvalue weighted by atomic mass is 9.81. The molecule has 0 bridgehead atoms. The van der Waals surface area contributed by atoms with E-state index in [2.05, 4.69) is 206 Å². The molecule has 0 amide bonds. The highest BCUT2D eigenvalue weighted by atomic mass is 15.0. The second-order valence-corrected chi connectivity index (χ2v) is 18.3. The molecule has 0 saturated heterocycles. The fraction of sp³-hybridized carbons (Fsp3) is 0.0635. The lowest BCUT2D eigenvalue weighted by Crippen LogP contribution is -2.16. The summed E-state index contributed by atoms with van der Waals surface area (Å²) in [6, 6.07) is 67.5. The third kappa shape index (κ3) is 5.78. The van der Waals surface area contributed by atoms with Gasteiger partial charge in [-0.3, -0.25) is 0 Å². The molecule has 68 heavy (non-hydrogen) atoms. The Morgan fingerprint density at radius 1 is 0.441 bits per heavy atom. The van der Waals surface area contributed by atoms with E-state index in [9.17, 15) is 0 Å². The van der Waals surface area contributed by atoms with Crippen LogP contribution < -0.4 is 0 Å². The number of hydrogen-bond donors (Lipinski definition) is 0. The van der Waals surface area contributed by atoms with Crippen LogP contribution in [-0.2, 0) is 5.41 Å². The third-order valence-corrected chi connectivity index (χ3v) is 14.3.